The van der Waals surface area contributed by atoms with Gasteiger partial charge in [0.1, 0.15) is 0 Å². The quantitative estimate of drug-likeness (QED) is 0.714. The van der Waals surface area contributed by atoms with E-state index in [1.54, 1.807) is 11.3 Å². The largest absolute Gasteiger partial charge is 0.323 e. The van der Waals surface area contributed by atoms with Crippen LogP contribution in [-0.2, 0) is 6.42 Å². The van der Waals surface area contributed by atoms with Crippen molar-refractivity contribution >= 4 is 54.8 Å². The van der Waals surface area contributed by atoms with Crippen LogP contribution in [0.3, 0.4) is 0 Å². The van der Waals surface area contributed by atoms with Gasteiger partial charge in [-0.25, -0.2) is 0 Å². The molecule has 96 valence electrons. The molecular weight excluding hydrogens is 397 g/mol. The van der Waals surface area contributed by atoms with Crippen LogP contribution in [0.15, 0.2) is 32.5 Å². The Balaban J connectivity index is 2.18. The summed E-state index contributed by atoms with van der Waals surface area (Å²) in [7, 11) is 0. The molecule has 1 heterocycles. The van der Waals surface area contributed by atoms with Gasteiger partial charge in [0.05, 0.1) is 3.79 Å². The molecule has 0 radical (unpaired) electrons. The van der Waals surface area contributed by atoms with Crippen molar-refractivity contribution in [3.05, 3.63) is 53.6 Å². The number of nitrogens with two attached hydrogens (primary N) is 1. The van der Waals surface area contributed by atoms with Crippen LogP contribution in [0.2, 0.25) is 5.02 Å². The lowest BCUT2D eigenvalue weighted by Gasteiger charge is -2.11. The third kappa shape index (κ3) is 3.36. The maximum absolute atomic E-state index is 6.24. The van der Waals surface area contributed by atoms with Crippen molar-refractivity contribution < 1.29 is 0 Å². The molecular formula is C13H12Br2ClNS. The van der Waals surface area contributed by atoms with Gasteiger partial charge in [-0.05, 0) is 58.6 Å². The molecule has 18 heavy (non-hydrogen) atoms. The molecule has 1 atom stereocenters. The Morgan fingerprint density at radius 1 is 1.33 bits per heavy atom. The lowest BCUT2D eigenvalue weighted by Crippen LogP contribution is -2.12. The highest BCUT2D eigenvalue weighted by molar-refractivity contribution is 9.11. The van der Waals surface area contributed by atoms with Gasteiger partial charge in [-0.1, -0.05) is 33.6 Å². The number of halogens is 3. The molecule has 1 aromatic carbocycles. The van der Waals surface area contributed by atoms with Crippen LogP contribution in [0.4, 0.5) is 0 Å². The van der Waals surface area contributed by atoms with Gasteiger partial charge in [0.15, 0.2) is 0 Å². The molecule has 0 aliphatic rings. The normalized spacial score (nSPS) is 12.7. The van der Waals surface area contributed by atoms with Gasteiger partial charge in [0.25, 0.3) is 0 Å². The third-order valence-corrected chi connectivity index (χ3v) is 5.81. The standard InChI is InChI=1S/C13H12Br2ClNS/c1-7-4-12(18-13(7)15)11(17)5-8-2-3-9(14)6-10(8)16/h2-4,6,11H,5,17H2,1H3. The van der Waals surface area contributed by atoms with E-state index in [2.05, 4.69) is 44.8 Å². The number of benzene rings is 1. The first-order valence-electron chi connectivity index (χ1n) is 5.42. The molecule has 0 aliphatic carbocycles. The molecule has 2 rings (SSSR count). The molecule has 0 aliphatic heterocycles. The first kappa shape index (κ1) is 14.5. The fourth-order valence-corrected chi connectivity index (χ4v) is 4.01. The minimum Gasteiger partial charge on any atom is -0.323 e. The van der Waals surface area contributed by atoms with E-state index in [0.717, 1.165) is 25.3 Å². The van der Waals surface area contributed by atoms with E-state index < -0.39 is 0 Å². The summed E-state index contributed by atoms with van der Waals surface area (Å²) < 4.78 is 2.13. The van der Waals surface area contributed by atoms with Crippen LogP contribution < -0.4 is 5.73 Å². The van der Waals surface area contributed by atoms with Crippen LogP contribution in [0.5, 0.6) is 0 Å². The van der Waals surface area contributed by atoms with Crippen molar-refractivity contribution in [1.29, 1.82) is 0 Å². The predicted octanol–water partition coefficient (Wildman–Crippen LogP) is 5.48. The van der Waals surface area contributed by atoms with E-state index in [1.807, 2.05) is 18.2 Å². The average Bonchev–Trinajstić information content (AvgIpc) is 2.63. The predicted molar refractivity (Wildman–Crippen MR) is 86.5 cm³/mol. The molecule has 0 bridgehead atoms. The van der Waals surface area contributed by atoms with Gasteiger partial charge < -0.3 is 5.73 Å². The van der Waals surface area contributed by atoms with E-state index in [4.69, 9.17) is 17.3 Å². The van der Waals surface area contributed by atoms with Gasteiger partial charge in [-0.15, -0.1) is 11.3 Å². The number of aryl methyl sites for hydroxylation is 1. The molecule has 2 aromatic rings. The van der Waals surface area contributed by atoms with Gasteiger partial charge >= 0.3 is 0 Å². The molecule has 0 spiro atoms. The minimum atomic E-state index is -0.0151. The smallest absolute Gasteiger partial charge is 0.0731 e. The zero-order valence-corrected chi connectivity index (χ0v) is 14.5. The van der Waals surface area contributed by atoms with Crippen molar-refractivity contribution in [1.82, 2.24) is 0 Å². The number of rotatable bonds is 3. The van der Waals surface area contributed by atoms with Crippen LogP contribution >= 0.6 is 54.8 Å². The Morgan fingerprint density at radius 2 is 2.06 bits per heavy atom. The Kier molecular flexibility index (Phi) is 4.89. The summed E-state index contributed by atoms with van der Waals surface area (Å²) in [5, 5.41) is 0.757. The van der Waals surface area contributed by atoms with Crippen molar-refractivity contribution in [3.63, 3.8) is 0 Å². The Labute approximate surface area is 133 Å². The summed E-state index contributed by atoms with van der Waals surface area (Å²) in [5.74, 6) is 0. The highest BCUT2D eigenvalue weighted by Gasteiger charge is 2.13. The first-order valence-corrected chi connectivity index (χ1v) is 8.20. The highest BCUT2D eigenvalue weighted by Crippen LogP contribution is 2.33. The Bertz CT molecular complexity index is 549. The number of hydrogen-bond acceptors (Lipinski definition) is 2. The van der Waals surface area contributed by atoms with Crippen LogP contribution in [0.1, 0.15) is 22.0 Å². The fourth-order valence-electron chi connectivity index (χ4n) is 1.69. The highest BCUT2D eigenvalue weighted by atomic mass is 79.9. The summed E-state index contributed by atoms with van der Waals surface area (Å²) >= 11 is 14.8. The second kappa shape index (κ2) is 6.06. The molecule has 0 amide bonds. The van der Waals surface area contributed by atoms with Crippen molar-refractivity contribution in [2.75, 3.05) is 0 Å². The molecule has 1 unspecified atom stereocenters. The summed E-state index contributed by atoms with van der Waals surface area (Å²) in [6.45, 7) is 2.07. The van der Waals surface area contributed by atoms with Gasteiger partial charge in [0, 0.05) is 20.4 Å². The zero-order valence-electron chi connectivity index (χ0n) is 9.71. The second-order valence-electron chi connectivity index (χ2n) is 4.15. The monoisotopic (exact) mass is 407 g/mol. The number of hydrogen-bond donors (Lipinski definition) is 1. The summed E-state index contributed by atoms with van der Waals surface area (Å²) in [5.41, 5.74) is 8.54. The molecule has 1 aromatic heterocycles. The van der Waals surface area contributed by atoms with E-state index >= 15 is 0 Å². The lowest BCUT2D eigenvalue weighted by molar-refractivity contribution is 0.736. The molecule has 0 saturated heterocycles. The molecule has 2 N–H and O–H groups in total. The van der Waals surface area contributed by atoms with E-state index in [0.29, 0.717) is 0 Å². The average molecular weight is 410 g/mol. The van der Waals surface area contributed by atoms with Crippen LogP contribution in [0, 0.1) is 6.92 Å². The van der Waals surface area contributed by atoms with Crippen molar-refractivity contribution in [2.45, 2.75) is 19.4 Å². The third-order valence-electron chi connectivity index (χ3n) is 2.70. The van der Waals surface area contributed by atoms with E-state index in [9.17, 15) is 0 Å². The molecule has 0 saturated carbocycles. The van der Waals surface area contributed by atoms with Crippen molar-refractivity contribution in [2.24, 2.45) is 5.73 Å². The van der Waals surface area contributed by atoms with Gasteiger partial charge in [-0.2, -0.15) is 0 Å². The maximum Gasteiger partial charge on any atom is 0.0731 e. The fraction of sp³-hybridized carbons (Fsp3) is 0.231. The summed E-state index contributed by atoms with van der Waals surface area (Å²) in [4.78, 5) is 1.18. The molecule has 0 fully saturated rings. The van der Waals surface area contributed by atoms with E-state index in [-0.39, 0.29) is 6.04 Å². The van der Waals surface area contributed by atoms with Gasteiger partial charge in [0.2, 0.25) is 0 Å². The summed E-state index contributed by atoms with van der Waals surface area (Å²) in [6, 6.07) is 8.02. The molecule has 5 heteroatoms. The van der Waals surface area contributed by atoms with Crippen molar-refractivity contribution in [3.8, 4) is 0 Å². The van der Waals surface area contributed by atoms with E-state index in [1.165, 1.54) is 10.4 Å². The SMILES string of the molecule is Cc1cc(C(N)Cc2ccc(Br)cc2Cl)sc1Br. The van der Waals surface area contributed by atoms with Crippen LogP contribution in [-0.4, -0.2) is 0 Å². The zero-order chi connectivity index (χ0) is 13.3. The summed E-state index contributed by atoms with van der Waals surface area (Å²) in [6.07, 6.45) is 0.749. The topological polar surface area (TPSA) is 26.0 Å². The second-order valence-corrected chi connectivity index (χ2v) is 7.88. The molecule has 1 nitrogen and oxygen atoms in total. The first-order chi connectivity index (χ1) is 8.47. The minimum absolute atomic E-state index is 0.0151. The lowest BCUT2D eigenvalue weighted by atomic mass is 10.1. The Morgan fingerprint density at radius 3 is 2.61 bits per heavy atom. The Hall–Kier alpha value is 0.130. The number of thiophene rings is 1. The maximum atomic E-state index is 6.24. The van der Waals surface area contributed by atoms with Gasteiger partial charge in [-0.3, -0.25) is 0 Å². The van der Waals surface area contributed by atoms with Crippen LogP contribution in [0.25, 0.3) is 0 Å².